The van der Waals surface area contributed by atoms with Crippen LogP contribution in [0.25, 0.3) is 0 Å². The summed E-state index contributed by atoms with van der Waals surface area (Å²) in [7, 11) is 0. The van der Waals surface area contributed by atoms with Crippen molar-refractivity contribution in [2.24, 2.45) is 0 Å². The molecular weight excluding hydrogens is 296 g/mol. The van der Waals surface area contributed by atoms with E-state index in [4.69, 9.17) is 0 Å². The van der Waals surface area contributed by atoms with E-state index in [1.54, 1.807) is 27.7 Å². The van der Waals surface area contributed by atoms with Gasteiger partial charge in [0.2, 0.25) is 0 Å². The van der Waals surface area contributed by atoms with Gasteiger partial charge in [0.15, 0.2) is 23.3 Å². The first kappa shape index (κ1) is 18.6. The quantitative estimate of drug-likeness (QED) is 0.372. The Bertz CT molecular complexity index is 380. The van der Waals surface area contributed by atoms with Gasteiger partial charge in [0.1, 0.15) is 0 Å². The Hall–Kier alpha value is -0.360. The van der Waals surface area contributed by atoms with Gasteiger partial charge in [-0.1, -0.05) is 35.1 Å². The summed E-state index contributed by atoms with van der Waals surface area (Å²) in [6.07, 6.45) is 0. The second kappa shape index (κ2) is 7.43. The molecule has 1 aromatic carbocycles. The molecule has 0 aliphatic rings. The zero-order chi connectivity index (χ0) is 14.0. The van der Waals surface area contributed by atoms with Gasteiger partial charge in [-0.2, -0.15) is 0 Å². The van der Waals surface area contributed by atoms with Crippen molar-refractivity contribution < 1.29 is 19.0 Å². The summed E-state index contributed by atoms with van der Waals surface area (Å²) in [4.78, 5) is -1.18. The Morgan fingerprint density at radius 3 is 1.05 bits per heavy atom. The predicted molar refractivity (Wildman–Crippen MR) is 77.1 cm³/mol. The summed E-state index contributed by atoms with van der Waals surface area (Å²) in [6, 6.07) is 0. The summed E-state index contributed by atoms with van der Waals surface area (Å²) < 4.78 is 54.8. The van der Waals surface area contributed by atoms with E-state index in [1.165, 1.54) is 0 Å². The maximum absolute atomic E-state index is 13.7. The summed E-state index contributed by atoms with van der Waals surface area (Å²) in [6.45, 7) is 6.76. The Labute approximate surface area is 121 Å². The van der Waals surface area contributed by atoms with E-state index in [-0.39, 0.29) is 19.4 Å². The maximum Gasteiger partial charge on any atom is 0.176 e. The number of hydrogen-bond donors (Lipinski definition) is 0. The third kappa shape index (κ3) is 4.31. The highest BCUT2D eigenvalue weighted by atomic mass is 32.2. The van der Waals surface area contributed by atoms with Crippen LogP contribution in [0.4, 0.5) is 17.6 Å². The molecule has 1 aromatic rings. The zero-order valence-electron chi connectivity index (χ0n) is 10.5. The van der Waals surface area contributed by atoms with Crippen LogP contribution in [-0.2, 0) is 0 Å². The van der Waals surface area contributed by atoms with E-state index in [0.717, 1.165) is 23.5 Å². The number of hydrogen-bond acceptors (Lipinski definition) is 2. The minimum atomic E-state index is -1.31. The fourth-order valence-electron chi connectivity index (χ4n) is 1.27. The van der Waals surface area contributed by atoms with Gasteiger partial charge in [0.05, 0.1) is 9.79 Å². The molecule has 0 spiro atoms. The third-order valence-corrected chi connectivity index (χ3v) is 4.02. The van der Waals surface area contributed by atoms with Gasteiger partial charge in [-0.15, -0.1) is 23.5 Å². The second-order valence-electron chi connectivity index (χ2n) is 4.25. The monoisotopic (exact) mass is 317 g/mol. The van der Waals surface area contributed by atoms with Crippen LogP contribution in [0.15, 0.2) is 9.79 Å². The van der Waals surface area contributed by atoms with Gasteiger partial charge in [-0.05, 0) is 0 Å². The average molecular weight is 317 g/mol. The maximum atomic E-state index is 13.7. The standard InChI is InChI=1S/C12H14F4S2.CH4.H2/c1-5(2)17-11-7(13)9(15)12(18-6(3)4)10(16)8(11)14;;/h5-6H,1-4H3;1H4;1H/i;;1+1. The molecule has 0 saturated carbocycles. The van der Waals surface area contributed by atoms with Crippen molar-refractivity contribution in [3.63, 3.8) is 0 Å². The molecule has 0 heterocycles. The molecule has 1 rings (SSSR count). The molecule has 0 saturated heterocycles. The summed E-state index contributed by atoms with van der Waals surface area (Å²) in [5.74, 6) is -5.24. The molecule has 0 N–H and O–H groups in total. The van der Waals surface area contributed by atoms with Crippen molar-refractivity contribution in [1.82, 2.24) is 0 Å². The summed E-state index contributed by atoms with van der Waals surface area (Å²) in [5.41, 5.74) is 0. The molecule has 0 aliphatic heterocycles. The molecule has 0 aromatic heterocycles. The summed E-state index contributed by atoms with van der Waals surface area (Å²) in [5, 5.41) is -0.340. The number of thioether (sulfide) groups is 2. The van der Waals surface area contributed by atoms with Crippen LogP contribution in [0.2, 0.25) is 0 Å². The van der Waals surface area contributed by atoms with E-state index in [9.17, 15) is 17.6 Å². The minimum Gasteiger partial charge on any atom is -0.202 e. The number of halogens is 4. The molecule has 0 aliphatic carbocycles. The first-order valence-electron chi connectivity index (χ1n) is 5.44. The smallest absolute Gasteiger partial charge is 0.176 e. The Balaban J connectivity index is 0. The normalized spacial score (nSPS) is 11.1. The molecule has 0 fully saturated rings. The molecule has 0 atom stereocenters. The van der Waals surface area contributed by atoms with E-state index in [0.29, 0.717) is 0 Å². The van der Waals surface area contributed by atoms with Crippen LogP contribution >= 0.6 is 23.5 Å². The first-order valence-corrected chi connectivity index (χ1v) is 7.20. The zero-order valence-corrected chi connectivity index (χ0v) is 12.1. The highest BCUT2D eigenvalue weighted by Crippen LogP contribution is 2.38. The lowest BCUT2D eigenvalue weighted by atomic mass is 10.3. The highest BCUT2D eigenvalue weighted by Gasteiger charge is 2.26. The molecule has 0 radical (unpaired) electrons. The summed E-state index contributed by atoms with van der Waals surface area (Å²) >= 11 is 1.54. The van der Waals surface area contributed by atoms with Crippen LogP contribution in [0.1, 0.15) is 36.5 Å². The van der Waals surface area contributed by atoms with Crippen LogP contribution in [0, 0.1) is 23.3 Å². The van der Waals surface area contributed by atoms with Crippen LogP contribution < -0.4 is 0 Å². The lowest BCUT2D eigenvalue weighted by molar-refractivity contribution is 0.400. The lowest BCUT2D eigenvalue weighted by Gasteiger charge is -2.13. The second-order valence-corrected chi connectivity index (χ2v) is 7.42. The van der Waals surface area contributed by atoms with Gasteiger partial charge in [-0.25, -0.2) is 17.6 Å². The van der Waals surface area contributed by atoms with Crippen LogP contribution in [0.5, 0.6) is 0 Å². The minimum absolute atomic E-state index is 0. The fraction of sp³-hybridized carbons (Fsp3) is 0.538. The van der Waals surface area contributed by atoms with Gasteiger partial charge >= 0.3 is 0 Å². The van der Waals surface area contributed by atoms with E-state index < -0.39 is 33.1 Å². The van der Waals surface area contributed by atoms with E-state index in [2.05, 4.69) is 0 Å². The average Bonchev–Trinajstić information content (AvgIpc) is 2.27. The van der Waals surface area contributed by atoms with Gasteiger partial charge in [0.25, 0.3) is 0 Å². The number of benzene rings is 1. The molecule has 6 heteroatoms. The van der Waals surface area contributed by atoms with Crippen molar-refractivity contribution >= 4 is 23.5 Å². The topological polar surface area (TPSA) is 0 Å². The van der Waals surface area contributed by atoms with Gasteiger partial charge in [0, 0.05) is 11.9 Å². The van der Waals surface area contributed by atoms with Crippen molar-refractivity contribution in [3.8, 4) is 0 Å². The molecule has 19 heavy (non-hydrogen) atoms. The number of rotatable bonds is 4. The Kier molecular flexibility index (Phi) is 7.29. The predicted octanol–water partition coefficient (Wildman–Crippen LogP) is 6.13. The molecule has 112 valence electrons. The first-order chi connectivity index (χ1) is 8.25. The SMILES string of the molecule is C.CC(C)Sc1c(F)c(F)c(SC(C)C)c(F)c1F.[2HH]. The highest BCUT2D eigenvalue weighted by molar-refractivity contribution is 8.00. The van der Waals surface area contributed by atoms with Crippen LogP contribution in [-0.4, -0.2) is 10.5 Å². The molecule has 0 unspecified atom stereocenters. The molecule has 0 nitrogen and oxygen atoms in total. The lowest BCUT2D eigenvalue weighted by Crippen LogP contribution is -2.04. The van der Waals surface area contributed by atoms with Crippen molar-refractivity contribution in [2.45, 2.75) is 55.4 Å². The van der Waals surface area contributed by atoms with Crippen molar-refractivity contribution in [3.05, 3.63) is 23.3 Å². The van der Waals surface area contributed by atoms with Gasteiger partial charge < -0.3 is 0 Å². The Morgan fingerprint density at radius 1 is 0.684 bits per heavy atom. The van der Waals surface area contributed by atoms with E-state index in [1.807, 2.05) is 0 Å². The van der Waals surface area contributed by atoms with Crippen molar-refractivity contribution in [2.75, 3.05) is 0 Å². The molecular formula is C13H20F4S2. The molecule has 0 bridgehead atoms. The fourth-order valence-corrected chi connectivity index (χ4v) is 2.98. The Morgan fingerprint density at radius 2 is 0.895 bits per heavy atom. The van der Waals surface area contributed by atoms with Crippen LogP contribution in [0.3, 0.4) is 0 Å². The largest absolute Gasteiger partial charge is 0.202 e. The van der Waals surface area contributed by atoms with Crippen molar-refractivity contribution in [1.29, 1.82) is 0 Å². The van der Waals surface area contributed by atoms with Gasteiger partial charge in [-0.3, -0.25) is 0 Å². The molecule has 0 amide bonds. The van der Waals surface area contributed by atoms with E-state index >= 15 is 0 Å². The third-order valence-electron chi connectivity index (χ3n) is 1.89.